The number of carbonyl (C=O) groups is 4. The molecule has 1 aliphatic rings. The Morgan fingerprint density at radius 3 is 1.50 bits per heavy atom. The Bertz CT molecular complexity index is 525. The van der Waals surface area contributed by atoms with Crippen LogP contribution in [0.25, 0.3) is 0 Å². The summed E-state index contributed by atoms with van der Waals surface area (Å²) in [5.74, 6) is -2.10. The molecule has 0 saturated carbocycles. The number of rotatable bonds is 12. The van der Waals surface area contributed by atoms with Crippen molar-refractivity contribution in [3.8, 4) is 0 Å². The minimum absolute atomic E-state index is 0.127. The standard InChI is InChI=1S/C21H34O9/c1-5-9-15(22)27-14-13-26-21(30-18(25)12-8-4)20(29-17(24)11-7-3)19(14)28-16(23)10-6-2/h14,19-21H,5-13H2,1-4H3/t14-,19-,20-,21-/m1/s1. The third-order valence-corrected chi connectivity index (χ3v) is 4.27. The first-order chi connectivity index (χ1) is 14.4. The first-order valence-corrected chi connectivity index (χ1v) is 10.8. The highest BCUT2D eigenvalue weighted by atomic mass is 16.7. The lowest BCUT2D eigenvalue weighted by molar-refractivity contribution is -0.275. The van der Waals surface area contributed by atoms with Gasteiger partial charge in [0, 0.05) is 25.7 Å². The van der Waals surface area contributed by atoms with Crippen molar-refractivity contribution in [2.75, 3.05) is 6.61 Å². The second-order valence-electron chi connectivity index (χ2n) is 7.13. The van der Waals surface area contributed by atoms with Crippen molar-refractivity contribution in [3.05, 3.63) is 0 Å². The molecule has 0 amide bonds. The first kappa shape index (κ1) is 25.9. The molecule has 1 rings (SSSR count). The van der Waals surface area contributed by atoms with Crippen LogP contribution in [0.5, 0.6) is 0 Å². The zero-order chi connectivity index (χ0) is 22.5. The van der Waals surface area contributed by atoms with E-state index < -0.39 is 48.5 Å². The number of ether oxygens (including phenoxy) is 5. The largest absolute Gasteiger partial charge is 0.456 e. The van der Waals surface area contributed by atoms with Gasteiger partial charge in [0.25, 0.3) is 0 Å². The highest BCUT2D eigenvalue weighted by Crippen LogP contribution is 2.26. The Labute approximate surface area is 177 Å². The van der Waals surface area contributed by atoms with Crippen LogP contribution in [0.2, 0.25) is 0 Å². The molecule has 0 bridgehead atoms. The third-order valence-electron chi connectivity index (χ3n) is 4.27. The summed E-state index contributed by atoms with van der Waals surface area (Å²) < 4.78 is 27.3. The molecule has 0 spiro atoms. The van der Waals surface area contributed by atoms with Gasteiger partial charge in [-0.15, -0.1) is 0 Å². The van der Waals surface area contributed by atoms with Crippen molar-refractivity contribution in [2.45, 2.75) is 104 Å². The Hall–Kier alpha value is -2.16. The zero-order valence-corrected chi connectivity index (χ0v) is 18.3. The lowest BCUT2D eigenvalue weighted by Crippen LogP contribution is -2.58. The molecular formula is C21H34O9. The molecule has 0 aliphatic carbocycles. The smallest absolute Gasteiger partial charge is 0.308 e. The molecule has 172 valence electrons. The van der Waals surface area contributed by atoms with Crippen LogP contribution in [0.1, 0.15) is 79.1 Å². The molecular weight excluding hydrogens is 396 g/mol. The molecule has 4 atom stereocenters. The fraction of sp³-hybridized carbons (Fsp3) is 0.810. The molecule has 1 heterocycles. The molecule has 1 fully saturated rings. The lowest BCUT2D eigenvalue weighted by atomic mass is 10.0. The number of hydrogen-bond donors (Lipinski definition) is 0. The minimum atomic E-state index is -1.26. The quantitative estimate of drug-likeness (QED) is 0.340. The second kappa shape index (κ2) is 14.0. The molecule has 0 aromatic heterocycles. The summed E-state index contributed by atoms with van der Waals surface area (Å²) >= 11 is 0. The van der Waals surface area contributed by atoms with Crippen molar-refractivity contribution in [3.63, 3.8) is 0 Å². The second-order valence-corrected chi connectivity index (χ2v) is 7.13. The van der Waals surface area contributed by atoms with Crippen LogP contribution in [0.3, 0.4) is 0 Å². The van der Waals surface area contributed by atoms with Crippen LogP contribution < -0.4 is 0 Å². The van der Waals surface area contributed by atoms with Crippen LogP contribution >= 0.6 is 0 Å². The van der Waals surface area contributed by atoms with Gasteiger partial charge < -0.3 is 23.7 Å². The normalized spacial score (nSPS) is 23.3. The minimum Gasteiger partial charge on any atom is -0.456 e. The Balaban J connectivity index is 3.12. The van der Waals surface area contributed by atoms with E-state index in [4.69, 9.17) is 23.7 Å². The van der Waals surface area contributed by atoms with E-state index in [9.17, 15) is 19.2 Å². The van der Waals surface area contributed by atoms with Gasteiger partial charge in [0.2, 0.25) is 12.4 Å². The van der Waals surface area contributed by atoms with Gasteiger partial charge in [-0.05, 0) is 25.7 Å². The van der Waals surface area contributed by atoms with E-state index in [1.165, 1.54) is 0 Å². The summed E-state index contributed by atoms with van der Waals surface area (Å²) in [4.78, 5) is 48.4. The first-order valence-electron chi connectivity index (χ1n) is 10.8. The van der Waals surface area contributed by atoms with Gasteiger partial charge in [-0.2, -0.15) is 0 Å². The molecule has 9 nitrogen and oxygen atoms in total. The van der Waals surface area contributed by atoms with Gasteiger partial charge in [0.05, 0.1) is 6.61 Å². The summed E-state index contributed by atoms with van der Waals surface area (Å²) in [5.41, 5.74) is 0. The molecule has 1 aliphatic heterocycles. The predicted octanol–water partition coefficient (Wildman–Crippen LogP) is 2.82. The molecule has 0 unspecified atom stereocenters. The summed E-state index contributed by atoms with van der Waals surface area (Å²) in [7, 11) is 0. The summed E-state index contributed by atoms with van der Waals surface area (Å²) in [6.07, 6.45) is -1.76. The summed E-state index contributed by atoms with van der Waals surface area (Å²) in [6, 6.07) is 0. The fourth-order valence-electron chi connectivity index (χ4n) is 2.87. The number of esters is 4. The van der Waals surface area contributed by atoms with Crippen molar-refractivity contribution in [2.24, 2.45) is 0 Å². The SMILES string of the molecule is CCCC(=O)O[C@H]1OC[C@@H](OC(=O)CCC)[C@@H](OC(=O)CCC)[C@H]1OC(=O)CCC. The maximum atomic E-state index is 12.2. The van der Waals surface area contributed by atoms with Gasteiger partial charge in [-0.1, -0.05) is 27.7 Å². The predicted molar refractivity (Wildman–Crippen MR) is 105 cm³/mol. The summed E-state index contributed by atoms with van der Waals surface area (Å²) in [6.45, 7) is 7.12. The zero-order valence-electron chi connectivity index (χ0n) is 18.3. The average Bonchev–Trinajstić information content (AvgIpc) is 2.67. The lowest BCUT2D eigenvalue weighted by Gasteiger charge is -2.40. The Morgan fingerprint density at radius 2 is 1.03 bits per heavy atom. The highest BCUT2D eigenvalue weighted by Gasteiger charge is 2.49. The molecule has 30 heavy (non-hydrogen) atoms. The fourth-order valence-corrected chi connectivity index (χ4v) is 2.87. The highest BCUT2D eigenvalue weighted by molar-refractivity contribution is 5.72. The van der Waals surface area contributed by atoms with E-state index in [1.807, 2.05) is 27.7 Å². The van der Waals surface area contributed by atoms with Crippen LogP contribution in [0.4, 0.5) is 0 Å². The summed E-state index contributed by atoms with van der Waals surface area (Å²) in [5, 5.41) is 0. The van der Waals surface area contributed by atoms with E-state index in [-0.39, 0.29) is 32.3 Å². The third kappa shape index (κ3) is 8.69. The maximum absolute atomic E-state index is 12.2. The molecule has 1 saturated heterocycles. The molecule has 9 heteroatoms. The van der Waals surface area contributed by atoms with Gasteiger partial charge in [0.15, 0.2) is 12.2 Å². The molecule has 0 radical (unpaired) electrons. The maximum Gasteiger partial charge on any atom is 0.308 e. The van der Waals surface area contributed by atoms with Crippen molar-refractivity contribution < 1.29 is 42.9 Å². The van der Waals surface area contributed by atoms with E-state index in [1.54, 1.807) is 0 Å². The average molecular weight is 430 g/mol. The van der Waals surface area contributed by atoms with Crippen molar-refractivity contribution in [1.82, 2.24) is 0 Å². The van der Waals surface area contributed by atoms with Gasteiger partial charge in [0.1, 0.15) is 0 Å². The van der Waals surface area contributed by atoms with Crippen LogP contribution in [0.15, 0.2) is 0 Å². The van der Waals surface area contributed by atoms with Crippen LogP contribution in [-0.4, -0.2) is 55.1 Å². The van der Waals surface area contributed by atoms with Gasteiger partial charge in [-0.25, -0.2) is 0 Å². The van der Waals surface area contributed by atoms with E-state index in [0.717, 1.165) is 0 Å². The van der Waals surface area contributed by atoms with Crippen LogP contribution in [-0.2, 0) is 42.9 Å². The van der Waals surface area contributed by atoms with Gasteiger partial charge >= 0.3 is 23.9 Å². The van der Waals surface area contributed by atoms with Crippen LogP contribution in [0, 0.1) is 0 Å². The Morgan fingerprint density at radius 1 is 0.633 bits per heavy atom. The topological polar surface area (TPSA) is 114 Å². The molecule has 0 aromatic rings. The van der Waals surface area contributed by atoms with Crippen molar-refractivity contribution >= 4 is 23.9 Å². The molecule has 0 N–H and O–H groups in total. The van der Waals surface area contributed by atoms with E-state index in [0.29, 0.717) is 25.7 Å². The number of carbonyl (C=O) groups excluding carboxylic acids is 4. The molecule has 0 aromatic carbocycles. The Kier molecular flexibility index (Phi) is 12.0. The number of hydrogen-bond acceptors (Lipinski definition) is 9. The van der Waals surface area contributed by atoms with Crippen molar-refractivity contribution in [1.29, 1.82) is 0 Å². The van der Waals surface area contributed by atoms with E-state index in [2.05, 4.69) is 0 Å². The monoisotopic (exact) mass is 430 g/mol. The van der Waals surface area contributed by atoms with Gasteiger partial charge in [-0.3, -0.25) is 19.2 Å². The van der Waals surface area contributed by atoms with E-state index >= 15 is 0 Å².